The van der Waals surface area contributed by atoms with Gasteiger partial charge >= 0.3 is 6.18 Å². The van der Waals surface area contributed by atoms with Gasteiger partial charge < -0.3 is 15.5 Å². The maximum Gasteiger partial charge on any atom is 0.418 e. The third kappa shape index (κ3) is 5.46. The molecule has 2 N–H and O–H groups in total. The Morgan fingerprint density at radius 3 is 2.48 bits per heavy atom. The van der Waals surface area contributed by atoms with Crippen LogP contribution in [-0.2, 0) is 6.18 Å². The number of hydrogen-bond donors (Lipinski definition) is 2. The minimum absolute atomic E-state index is 0.0920. The first-order valence-corrected chi connectivity index (χ1v) is 7.59. The van der Waals surface area contributed by atoms with Gasteiger partial charge in [-0.2, -0.15) is 13.2 Å². The summed E-state index contributed by atoms with van der Waals surface area (Å²) >= 11 is 0. The molecule has 0 spiro atoms. The number of rotatable bonds is 6. The Balaban J connectivity index is 2.05. The SMILES string of the molecule is CN(C)CCNC(=O)c1ccc(Nc2ccccc2C(F)(F)F)nc1. The van der Waals surface area contributed by atoms with E-state index in [2.05, 4.69) is 15.6 Å². The van der Waals surface area contributed by atoms with Crippen molar-refractivity contribution >= 4 is 17.4 Å². The number of benzene rings is 1. The second kappa shape index (κ2) is 7.98. The Morgan fingerprint density at radius 2 is 1.88 bits per heavy atom. The first-order valence-electron chi connectivity index (χ1n) is 7.59. The monoisotopic (exact) mass is 352 g/mol. The van der Waals surface area contributed by atoms with Crippen LogP contribution in [0.4, 0.5) is 24.7 Å². The van der Waals surface area contributed by atoms with Crippen LogP contribution in [0.1, 0.15) is 15.9 Å². The lowest BCUT2D eigenvalue weighted by Crippen LogP contribution is -2.31. The van der Waals surface area contributed by atoms with Crippen molar-refractivity contribution in [1.82, 2.24) is 15.2 Å². The number of likely N-dealkylation sites (N-methyl/N-ethyl adjacent to an activating group) is 1. The van der Waals surface area contributed by atoms with Crippen LogP contribution in [0.25, 0.3) is 0 Å². The van der Waals surface area contributed by atoms with E-state index in [1.807, 2.05) is 19.0 Å². The van der Waals surface area contributed by atoms with E-state index in [1.165, 1.54) is 36.5 Å². The van der Waals surface area contributed by atoms with Crippen molar-refractivity contribution in [2.75, 3.05) is 32.5 Å². The molecule has 0 bridgehead atoms. The van der Waals surface area contributed by atoms with Gasteiger partial charge in [-0.1, -0.05) is 12.1 Å². The van der Waals surface area contributed by atoms with Crippen LogP contribution in [0.5, 0.6) is 0 Å². The maximum atomic E-state index is 13.0. The molecule has 0 aliphatic carbocycles. The van der Waals surface area contributed by atoms with Crippen molar-refractivity contribution in [2.45, 2.75) is 6.18 Å². The smallest absolute Gasteiger partial charge is 0.351 e. The molecule has 5 nitrogen and oxygen atoms in total. The van der Waals surface area contributed by atoms with E-state index < -0.39 is 11.7 Å². The molecule has 0 fully saturated rings. The molecule has 1 heterocycles. The molecule has 0 aliphatic rings. The molecule has 2 aromatic rings. The summed E-state index contributed by atoms with van der Waals surface area (Å²) in [5, 5.41) is 5.37. The lowest BCUT2D eigenvalue weighted by molar-refractivity contribution is -0.136. The Morgan fingerprint density at radius 1 is 1.16 bits per heavy atom. The average molecular weight is 352 g/mol. The largest absolute Gasteiger partial charge is 0.418 e. The fourth-order valence-corrected chi connectivity index (χ4v) is 2.07. The summed E-state index contributed by atoms with van der Waals surface area (Å²) in [6.07, 6.45) is -3.14. The highest BCUT2D eigenvalue weighted by molar-refractivity contribution is 5.94. The molecule has 8 heteroatoms. The fourth-order valence-electron chi connectivity index (χ4n) is 2.07. The quantitative estimate of drug-likeness (QED) is 0.839. The van der Waals surface area contributed by atoms with Gasteiger partial charge in [0.05, 0.1) is 16.8 Å². The number of hydrogen-bond acceptors (Lipinski definition) is 4. The molecular formula is C17H19F3N4O. The summed E-state index contributed by atoms with van der Waals surface area (Å²) < 4.78 is 38.9. The van der Waals surface area contributed by atoms with Crippen LogP contribution in [0.2, 0.25) is 0 Å². The van der Waals surface area contributed by atoms with Crippen LogP contribution in [0.15, 0.2) is 42.6 Å². The first-order chi connectivity index (χ1) is 11.8. The van der Waals surface area contributed by atoms with Gasteiger partial charge in [-0.15, -0.1) is 0 Å². The van der Waals surface area contributed by atoms with Crippen molar-refractivity contribution in [2.24, 2.45) is 0 Å². The molecule has 0 aliphatic heterocycles. The lowest BCUT2D eigenvalue weighted by Gasteiger charge is -2.14. The fraction of sp³-hybridized carbons (Fsp3) is 0.294. The summed E-state index contributed by atoms with van der Waals surface area (Å²) in [5.74, 6) is -0.0573. The summed E-state index contributed by atoms with van der Waals surface area (Å²) in [6.45, 7) is 1.19. The van der Waals surface area contributed by atoms with Crippen LogP contribution >= 0.6 is 0 Å². The first kappa shape index (κ1) is 18.7. The zero-order valence-corrected chi connectivity index (χ0v) is 13.9. The number of nitrogens with one attached hydrogen (secondary N) is 2. The van der Waals surface area contributed by atoms with E-state index in [9.17, 15) is 18.0 Å². The molecule has 0 atom stereocenters. The average Bonchev–Trinajstić information content (AvgIpc) is 2.54. The number of carbonyl (C=O) groups is 1. The second-order valence-electron chi connectivity index (χ2n) is 5.66. The second-order valence-corrected chi connectivity index (χ2v) is 5.66. The number of amides is 1. The topological polar surface area (TPSA) is 57.3 Å². The van der Waals surface area contributed by atoms with Crippen molar-refractivity contribution in [3.8, 4) is 0 Å². The highest BCUT2D eigenvalue weighted by Gasteiger charge is 2.33. The lowest BCUT2D eigenvalue weighted by atomic mass is 10.1. The Bertz CT molecular complexity index is 715. The van der Waals surface area contributed by atoms with E-state index in [-0.39, 0.29) is 17.4 Å². The number of para-hydroxylation sites is 1. The van der Waals surface area contributed by atoms with E-state index >= 15 is 0 Å². The van der Waals surface area contributed by atoms with Crippen LogP contribution < -0.4 is 10.6 Å². The number of aromatic nitrogens is 1. The van der Waals surface area contributed by atoms with Gasteiger partial charge in [0.2, 0.25) is 0 Å². The summed E-state index contributed by atoms with van der Waals surface area (Å²) in [4.78, 5) is 17.9. The van der Waals surface area contributed by atoms with Crippen molar-refractivity contribution in [3.05, 3.63) is 53.7 Å². The predicted octanol–water partition coefficient (Wildman–Crippen LogP) is 3.14. The highest BCUT2D eigenvalue weighted by Crippen LogP contribution is 2.35. The minimum Gasteiger partial charge on any atom is -0.351 e. The van der Waals surface area contributed by atoms with Gasteiger partial charge in [-0.05, 0) is 38.4 Å². The number of pyridine rings is 1. The molecule has 0 saturated carbocycles. The maximum absolute atomic E-state index is 13.0. The molecule has 25 heavy (non-hydrogen) atoms. The van der Waals surface area contributed by atoms with Gasteiger partial charge in [0, 0.05) is 19.3 Å². The van der Waals surface area contributed by atoms with Gasteiger partial charge in [-0.25, -0.2) is 4.98 Å². The van der Waals surface area contributed by atoms with Gasteiger partial charge in [0.15, 0.2) is 0 Å². The van der Waals surface area contributed by atoms with E-state index in [1.54, 1.807) is 0 Å². The number of carbonyl (C=O) groups excluding carboxylic acids is 1. The molecule has 1 amide bonds. The van der Waals surface area contributed by atoms with Crippen LogP contribution in [0, 0.1) is 0 Å². The molecular weight excluding hydrogens is 333 g/mol. The molecule has 134 valence electrons. The molecule has 0 unspecified atom stereocenters. The number of nitrogens with zero attached hydrogens (tertiary/aromatic N) is 2. The minimum atomic E-state index is -4.46. The Hall–Kier alpha value is -2.61. The highest BCUT2D eigenvalue weighted by atomic mass is 19.4. The Labute approximate surface area is 143 Å². The number of halogens is 3. The van der Waals surface area contributed by atoms with Crippen LogP contribution in [0.3, 0.4) is 0 Å². The molecule has 0 radical (unpaired) electrons. The third-order valence-electron chi connectivity index (χ3n) is 3.37. The summed E-state index contributed by atoms with van der Waals surface area (Å²) in [6, 6.07) is 8.12. The molecule has 1 aromatic carbocycles. The van der Waals surface area contributed by atoms with E-state index in [0.717, 1.165) is 6.07 Å². The predicted molar refractivity (Wildman–Crippen MR) is 89.9 cm³/mol. The number of alkyl halides is 3. The molecule has 1 aromatic heterocycles. The van der Waals surface area contributed by atoms with Gasteiger partial charge in [0.25, 0.3) is 5.91 Å². The standard InChI is InChI=1S/C17H19F3N4O/c1-24(2)10-9-21-16(25)12-7-8-15(22-11-12)23-14-6-4-3-5-13(14)17(18,19)20/h3-8,11H,9-10H2,1-2H3,(H,21,25)(H,22,23). The van der Waals surface area contributed by atoms with Crippen molar-refractivity contribution in [1.29, 1.82) is 0 Å². The number of anilines is 2. The van der Waals surface area contributed by atoms with E-state index in [0.29, 0.717) is 18.7 Å². The third-order valence-corrected chi connectivity index (χ3v) is 3.37. The molecule has 0 saturated heterocycles. The van der Waals surface area contributed by atoms with Crippen LogP contribution in [-0.4, -0.2) is 43.0 Å². The van der Waals surface area contributed by atoms with Crippen molar-refractivity contribution in [3.63, 3.8) is 0 Å². The van der Waals surface area contributed by atoms with Gasteiger partial charge in [-0.3, -0.25) is 4.79 Å². The van der Waals surface area contributed by atoms with Crippen molar-refractivity contribution < 1.29 is 18.0 Å². The summed E-state index contributed by atoms with van der Waals surface area (Å²) in [5.41, 5.74) is -0.526. The Kier molecular flexibility index (Phi) is 5.97. The zero-order valence-electron chi connectivity index (χ0n) is 13.9. The van der Waals surface area contributed by atoms with E-state index in [4.69, 9.17) is 0 Å². The van der Waals surface area contributed by atoms with Gasteiger partial charge in [0.1, 0.15) is 5.82 Å². The normalized spacial score (nSPS) is 11.4. The summed E-state index contributed by atoms with van der Waals surface area (Å²) in [7, 11) is 3.79. The zero-order chi connectivity index (χ0) is 18.4. The molecule has 2 rings (SSSR count).